The normalized spacial score (nSPS) is 10.5. The Bertz CT molecular complexity index is 863. The molecular weight excluding hydrogens is 323 g/mol. The summed E-state index contributed by atoms with van der Waals surface area (Å²) in [6, 6.07) is 12.0. The molecule has 0 aliphatic carbocycles. The van der Waals surface area contributed by atoms with Gasteiger partial charge in [-0.25, -0.2) is 9.37 Å². The predicted molar refractivity (Wildman–Crippen MR) is 91.8 cm³/mol. The van der Waals surface area contributed by atoms with E-state index < -0.39 is 5.82 Å². The van der Waals surface area contributed by atoms with Crippen molar-refractivity contribution in [3.8, 4) is 17.1 Å². The van der Waals surface area contributed by atoms with Gasteiger partial charge in [0.25, 0.3) is 0 Å². The van der Waals surface area contributed by atoms with Crippen molar-refractivity contribution < 1.29 is 18.3 Å². The number of aromatic nitrogens is 1. The highest BCUT2D eigenvalue weighted by Crippen LogP contribution is 2.22. The number of nitrogens with one attached hydrogen (secondary N) is 1. The molecule has 5 nitrogen and oxygen atoms in total. The number of nitrogens with zero attached hydrogens (tertiary/aromatic N) is 1. The van der Waals surface area contributed by atoms with Gasteiger partial charge < -0.3 is 14.5 Å². The summed E-state index contributed by atoms with van der Waals surface area (Å²) >= 11 is 0. The van der Waals surface area contributed by atoms with Gasteiger partial charge in [0.2, 0.25) is 5.91 Å². The number of rotatable bonds is 6. The molecule has 1 amide bonds. The largest absolute Gasteiger partial charge is 0.494 e. The second-order valence-electron chi connectivity index (χ2n) is 5.46. The van der Waals surface area contributed by atoms with Crippen molar-refractivity contribution in [2.24, 2.45) is 0 Å². The quantitative estimate of drug-likeness (QED) is 0.735. The van der Waals surface area contributed by atoms with E-state index in [2.05, 4.69) is 10.3 Å². The van der Waals surface area contributed by atoms with Crippen LogP contribution in [0.5, 0.6) is 5.75 Å². The van der Waals surface area contributed by atoms with Crippen LogP contribution in [0.25, 0.3) is 11.3 Å². The van der Waals surface area contributed by atoms with Crippen molar-refractivity contribution in [2.45, 2.75) is 12.8 Å². The van der Waals surface area contributed by atoms with Crippen molar-refractivity contribution in [1.29, 1.82) is 0 Å². The number of amides is 1. The Hall–Kier alpha value is -3.15. The highest BCUT2D eigenvalue weighted by molar-refractivity contribution is 5.91. The fourth-order valence-electron chi connectivity index (χ4n) is 2.46. The summed E-state index contributed by atoms with van der Waals surface area (Å²) in [5.74, 6) is 0.244. The highest BCUT2D eigenvalue weighted by atomic mass is 19.1. The van der Waals surface area contributed by atoms with Crippen LogP contribution >= 0.6 is 0 Å². The molecule has 3 rings (SSSR count). The Morgan fingerprint density at radius 3 is 2.88 bits per heavy atom. The van der Waals surface area contributed by atoms with E-state index in [0.29, 0.717) is 17.9 Å². The average Bonchev–Trinajstić information content (AvgIpc) is 3.15. The third-order valence-electron chi connectivity index (χ3n) is 3.72. The minimum atomic E-state index is -0.430. The van der Waals surface area contributed by atoms with Gasteiger partial charge in [0.15, 0.2) is 23.7 Å². The second-order valence-corrected chi connectivity index (χ2v) is 5.46. The molecule has 3 aromatic rings. The van der Waals surface area contributed by atoms with Gasteiger partial charge in [0, 0.05) is 17.7 Å². The number of carbonyl (C=O) groups excluding carboxylic acids is 1. The first kappa shape index (κ1) is 16.7. The molecule has 0 spiro atoms. The van der Waals surface area contributed by atoms with Crippen molar-refractivity contribution in [1.82, 2.24) is 4.98 Å². The van der Waals surface area contributed by atoms with Crippen LogP contribution in [0, 0.1) is 5.82 Å². The number of benzene rings is 2. The van der Waals surface area contributed by atoms with Crippen molar-refractivity contribution in [3.63, 3.8) is 0 Å². The summed E-state index contributed by atoms with van der Waals surface area (Å²) in [6.07, 6.45) is 3.65. The van der Waals surface area contributed by atoms with Crippen molar-refractivity contribution in [3.05, 3.63) is 66.4 Å². The molecule has 6 heteroatoms. The van der Waals surface area contributed by atoms with Crippen LogP contribution in [-0.4, -0.2) is 18.0 Å². The van der Waals surface area contributed by atoms with E-state index in [1.54, 1.807) is 24.4 Å². The number of hydrogen-bond donors (Lipinski definition) is 1. The van der Waals surface area contributed by atoms with Gasteiger partial charge in [-0.1, -0.05) is 18.2 Å². The van der Waals surface area contributed by atoms with E-state index in [1.807, 2.05) is 18.2 Å². The molecule has 0 saturated carbocycles. The lowest BCUT2D eigenvalue weighted by molar-refractivity contribution is -0.116. The van der Waals surface area contributed by atoms with E-state index in [9.17, 15) is 9.18 Å². The number of oxazole rings is 1. The molecule has 1 heterocycles. The zero-order chi connectivity index (χ0) is 17.6. The van der Waals surface area contributed by atoms with Crippen LogP contribution in [0.4, 0.5) is 10.1 Å². The molecule has 0 atom stereocenters. The maximum Gasteiger partial charge on any atom is 0.224 e. The SMILES string of the molecule is COc1ccc(CCC(=O)Nc2cccc(-c3cnco3)c2)cc1F. The Kier molecular flexibility index (Phi) is 5.09. The molecule has 1 aromatic heterocycles. The fourth-order valence-corrected chi connectivity index (χ4v) is 2.46. The van der Waals surface area contributed by atoms with Gasteiger partial charge in [-0.15, -0.1) is 0 Å². The van der Waals surface area contributed by atoms with Crippen molar-refractivity contribution in [2.75, 3.05) is 12.4 Å². The zero-order valence-corrected chi connectivity index (χ0v) is 13.7. The molecule has 1 N–H and O–H groups in total. The minimum absolute atomic E-state index is 0.147. The first-order valence-corrected chi connectivity index (χ1v) is 7.77. The van der Waals surface area contributed by atoms with Gasteiger partial charge >= 0.3 is 0 Å². The van der Waals surface area contributed by atoms with Gasteiger partial charge in [0.05, 0.1) is 13.3 Å². The van der Waals surface area contributed by atoms with Gasteiger partial charge in [0.1, 0.15) is 0 Å². The highest BCUT2D eigenvalue weighted by Gasteiger charge is 2.08. The number of halogens is 1. The molecular formula is C19H17FN2O3. The van der Waals surface area contributed by atoms with E-state index >= 15 is 0 Å². The zero-order valence-electron chi connectivity index (χ0n) is 13.7. The summed E-state index contributed by atoms with van der Waals surface area (Å²) in [7, 11) is 1.42. The standard InChI is InChI=1S/C19H17FN2O3/c1-24-17-7-5-13(9-16(17)20)6-8-19(23)22-15-4-2-3-14(10-15)18-11-21-12-25-18/h2-5,7,9-12H,6,8H2,1H3,(H,22,23). The van der Waals surface area contributed by atoms with Crippen LogP contribution in [0.3, 0.4) is 0 Å². The number of carbonyl (C=O) groups is 1. The lowest BCUT2D eigenvalue weighted by atomic mass is 10.1. The minimum Gasteiger partial charge on any atom is -0.494 e. The summed E-state index contributed by atoms with van der Waals surface area (Å²) < 4.78 is 23.8. The van der Waals surface area contributed by atoms with E-state index in [1.165, 1.54) is 19.6 Å². The third-order valence-corrected chi connectivity index (χ3v) is 3.72. The Morgan fingerprint density at radius 1 is 1.28 bits per heavy atom. The Morgan fingerprint density at radius 2 is 2.16 bits per heavy atom. The number of methoxy groups -OCH3 is 1. The summed E-state index contributed by atoms with van der Waals surface area (Å²) in [5.41, 5.74) is 2.23. The predicted octanol–water partition coefficient (Wildman–Crippen LogP) is 4.06. The molecule has 2 aromatic carbocycles. The number of hydrogen-bond acceptors (Lipinski definition) is 4. The van der Waals surface area contributed by atoms with E-state index in [-0.39, 0.29) is 18.1 Å². The first-order valence-electron chi connectivity index (χ1n) is 7.77. The van der Waals surface area contributed by atoms with Gasteiger partial charge in [-0.05, 0) is 36.2 Å². The maximum atomic E-state index is 13.7. The fraction of sp³-hybridized carbons (Fsp3) is 0.158. The molecule has 0 fully saturated rings. The molecule has 0 radical (unpaired) electrons. The molecule has 0 saturated heterocycles. The topological polar surface area (TPSA) is 64.4 Å². The number of aryl methyl sites for hydroxylation is 1. The smallest absolute Gasteiger partial charge is 0.224 e. The molecule has 128 valence electrons. The Balaban J connectivity index is 1.59. The van der Waals surface area contributed by atoms with Gasteiger partial charge in [-0.2, -0.15) is 0 Å². The van der Waals surface area contributed by atoms with E-state index in [4.69, 9.17) is 9.15 Å². The third kappa shape index (κ3) is 4.23. The van der Waals surface area contributed by atoms with Crippen LogP contribution in [-0.2, 0) is 11.2 Å². The first-order chi connectivity index (χ1) is 12.2. The molecule has 0 aliphatic rings. The lowest BCUT2D eigenvalue weighted by Gasteiger charge is -2.08. The molecule has 0 aliphatic heterocycles. The average molecular weight is 340 g/mol. The van der Waals surface area contributed by atoms with Crippen molar-refractivity contribution >= 4 is 11.6 Å². The molecule has 0 bridgehead atoms. The Labute approximate surface area is 144 Å². The molecule has 25 heavy (non-hydrogen) atoms. The number of anilines is 1. The summed E-state index contributed by atoms with van der Waals surface area (Å²) in [4.78, 5) is 16.0. The van der Waals surface area contributed by atoms with Crippen LogP contribution in [0.15, 0.2) is 59.5 Å². The number of ether oxygens (including phenoxy) is 1. The monoisotopic (exact) mass is 340 g/mol. The molecule has 0 unspecified atom stereocenters. The lowest BCUT2D eigenvalue weighted by Crippen LogP contribution is -2.12. The maximum absolute atomic E-state index is 13.7. The van der Waals surface area contributed by atoms with Crippen LogP contribution in [0.2, 0.25) is 0 Å². The summed E-state index contributed by atoms with van der Waals surface area (Å²) in [5, 5.41) is 2.83. The second kappa shape index (κ2) is 7.61. The van der Waals surface area contributed by atoms with Crippen LogP contribution in [0.1, 0.15) is 12.0 Å². The van der Waals surface area contributed by atoms with Crippen LogP contribution < -0.4 is 10.1 Å². The summed E-state index contributed by atoms with van der Waals surface area (Å²) in [6.45, 7) is 0. The van der Waals surface area contributed by atoms with Gasteiger partial charge in [-0.3, -0.25) is 4.79 Å². The van der Waals surface area contributed by atoms with E-state index in [0.717, 1.165) is 11.1 Å².